The molecule has 1 aromatic carbocycles. The molecule has 0 N–H and O–H groups in total. The smallest absolute Gasteiger partial charge is 0.265 e. The molecule has 0 saturated carbocycles. The molecule has 2 amide bonds. The number of aryl methyl sites for hydroxylation is 1. The van der Waals surface area contributed by atoms with Crippen LogP contribution in [0.1, 0.15) is 46.2 Å². The highest BCUT2D eigenvalue weighted by atomic mass is 32.1. The molecule has 30 heavy (non-hydrogen) atoms. The van der Waals surface area contributed by atoms with Crippen LogP contribution < -0.4 is 0 Å². The number of hydrogen-bond acceptors (Lipinski definition) is 5. The van der Waals surface area contributed by atoms with Crippen molar-refractivity contribution in [3.8, 4) is 0 Å². The molecule has 1 fully saturated rings. The van der Waals surface area contributed by atoms with Crippen LogP contribution in [0.5, 0.6) is 0 Å². The van der Waals surface area contributed by atoms with Gasteiger partial charge >= 0.3 is 0 Å². The third-order valence-electron chi connectivity index (χ3n) is 5.58. The summed E-state index contributed by atoms with van der Waals surface area (Å²) < 4.78 is 0. The van der Waals surface area contributed by atoms with Gasteiger partial charge in [0, 0.05) is 45.7 Å². The minimum absolute atomic E-state index is 0.0706. The van der Waals surface area contributed by atoms with Crippen molar-refractivity contribution in [2.75, 3.05) is 45.8 Å². The summed E-state index contributed by atoms with van der Waals surface area (Å²) in [6.45, 7) is 10.8. The Morgan fingerprint density at radius 2 is 1.80 bits per heavy atom. The third kappa shape index (κ3) is 5.67. The molecule has 162 valence electrons. The lowest BCUT2D eigenvalue weighted by Crippen LogP contribution is -2.42. The van der Waals surface area contributed by atoms with Gasteiger partial charge in [-0.1, -0.05) is 30.3 Å². The summed E-state index contributed by atoms with van der Waals surface area (Å²) in [5.74, 6) is 0.241. The monoisotopic (exact) mass is 428 g/mol. The van der Waals surface area contributed by atoms with E-state index in [4.69, 9.17) is 0 Å². The summed E-state index contributed by atoms with van der Waals surface area (Å²) in [6, 6.07) is 10.2. The van der Waals surface area contributed by atoms with Gasteiger partial charge in [-0.05, 0) is 32.8 Å². The third-order valence-corrected chi connectivity index (χ3v) is 6.73. The molecule has 0 atom stereocenters. The topological polar surface area (TPSA) is 56.8 Å². The van der Waals surface area contributed by atoms with E-state index in [1.807, 2.05) is 48.8 Å². The summed E-state index contributed by atoms with van der Waals surface area (Å²) in [4.78, 5) is 36.9. The number of carbonyl (C=O) groups excluding carboxylic acids is 2. The van der Waals surface area contributed by atoms with Crippen LogP contribution in [0, 0.1) is 6.92 Å². The fourth-order valence-corrected chi connectivity index (χ4v) is 4.91. The Morgan fingerprint density at radius 3 is 2.50 bits per heavy atom. The molecule has 2 aromatic rings. The van der Waals surface area contributed by atoms with Gasteiger partial charge in [-0.2, -0.15) is 0 Å². The molecule has 0 aliphatic carbocycles. The lowest BCUT2D eigenvalue weighted by molar-refractivity contribution is -0.132. The summed E-state index contributed by atoms with van der Waals surface area (Å²) in [5.41, 5.74) is 2.02. The number of rotatable bonds is 7. The molecule has 0 spiro atoms. The highest BCUT2D eigenvalue weighted by Gasteiger charge is 2.25. The lowest BCUT2D eigenvalue weighted by Gasteiger charge is -2.25. The number of hydrogen-bond donors (Lipinski definition) is 0. The normalized spacial score (nSPS) is 15.1. The minimum atomic E-state index is 0.0706. The van der Waals surface area contributed by atoms with E-state index < -0.39 is 0 Å². The molecule has 7 heteroatoms. The number of thiazole rings is 1. The van der Waals surface area contributed by atoms with Crippen LogP contribution >= 0.6 is 11.3 Å². The number of likely N-dealkylation sites (N-methyl/N-ethyl adjacent to an activating group) is 1. The quantitative estimate of drug-likeness (QED) is 0.680. The van der Waals surface area contributed by atoms with Gasteiger partial charge in [0.25, 0.3) is 5.91 Å². The van der Waals surface area contributed by atoms with Gasteiger partial charge in [0.05, 0.1) is 17.2 Å². The lowest BCUT2D eigenvalue weighted by atomic mass is 10.2. The molecule has 6 nitrogen and oxygen atoms in total. The van der Waals surface area contributed by atoms with E-state index in [0.717, 1.165) is 61.1 Å². The van der Waals surface area contributed by atoms with Crippen LogP contribution in [0.25, 0.3) is 0 Å². The molecule has 0 radical (unpaired) electrons. The molecule has 1 aliphatic rings. The van der Waals surface area contributed by atoms with Gasteiger partial charge in [0.2, 0.25) is 5.91 Å². The fourth-order valence-electron chi connectivity index (χ4n) is 3.84. The number of aromatic nitrogens is 1. The fraction of sp³-hybridized carbons (Fsp3) is 0.522. The van der Waals surface area contributed by atoms with Crippen molar-refractivity contribution in [3.05, 3.63) is 51.5 Å². The van der Waals surface area contributed by atoms with Gasteiger partial charge in [-0.25, -0.2) is 4.98 Å². The van der Waals surface area contributed by atoms with Crippen molar-refractivity contribution in [2.45, 2.75) is 33.6 Å². The summed E-state index contributed by atoms with van der Waals surface area (Å²) in [6.07, 6.45) is 1.63. The van der Waals surface area contributed by atoms with Gasteiger partial charge < -0.3 is 9.80 Å². The predicted molar refractivity (Wildman–Crippen MR) is 121 cm³/mol. The van der Waals surface area contributed by atoms with E-state index in [1.54, 1.807) is 0 Å². The Bertz CT molecular complexity index is 848. The average Bonchev–Trinajstić information content (AvgIpc) is 2.95. The summed E-state index contributed by atoms with van der Waals surface area (Å²) >= 11 is 1.51. The van der Waals surface area contributed by atoms with Crippen LogP contribution in [-0.2, 0) is 11.2 Å². The van der Waals surface area contributed by atoms with Crippen LogP contribution in [0.4, 0.5) is 0 Å². The van der Waals surface area contributed by atoms with Gasteiger partial charge in [-0.3, -0.25) is 14.5 Å². The second-order valence-corrected chi connectivity index (χ2v) is 8.76. The standard InChI is InChI=1S/C23H32N4O2S/c1-4-26(5-2)21(28)17-25-12-9-13-27(15-14-25)23(29)22-18(3)24-20(30-22)16-19-10-7-6-8-11-19/h6-8,10-11H,4-5,9,12-17H2,1-3H3. The van der Waals surface area contributed by atoms with E-state index in [-0.39, 0.29) is 11.8 Å². The molecular weight excluding hydrogens is 396 g/mol. The molecule has 1 aromatic heterocycles. The van der Waals surface area contributed by atoms with E-state index in [9.17, 15) is 9.59 Å². The molecule has 0 unspecified atom stereocenters. The predicted octanol–water partition coefficient (Wildman–Crippen LogP) is 3.06. The highest BCUT2D eigenvalue weighted by Crippen LogP contribution is 2.23. The number of carbonyl (C=O) groups is 2. The Labute approximate surface area is 183 Å². The first-order valence-electron chi connectivity index (χ1n) is 10.8. The van der Waals surface area contributed by atoms with Gasteiger partial charge in [0.15, 0.2) is 0 Å². The molecular formula is C23H32N4O2S. The molecule has 1 saturated heterocycles. The van der Waals surface area contributed by atoms with Crippen molar-refractivity contribution in [2.24, 2.45) is 0 Å². The largest absolute Gasteiger partial charge is 0.342 e. The minimum Gasteiger partial charge on any atom is -0.342 e. The van der Waals surface area contributed by atoms with Crippen molar-refractivity contribution in [1.29, 1.82) is 0 Å². The zero-order valence-electron chi connectivity index (χ0n) is 18.3. The van der Waals surface area contributed by atoms with Crippen LogP contribution in [-0.4, -0.2) is 77.3 Å². The number of nitrogens with zero attached hydrogens (tertiary/aromatic N) is 4. The summed E-state index contributed by atoms with van der Waals surface area (Å²) in [5, 5.41) is 0.975. The maximum atomic E-state index is 13.2. The van der Waals surface area contributed by atoms with Crippen LogP contribution in [0.2, 0.25) is 0 Å². The van der Waals surface area contributed by atoms with Crippen LogP contribution in [0.3, 0.4) is 0 Å². The van der Waals surface area contributed by atoms with Gasteiger partial charge in [0.1, 0.15) is 4.88 Å². The molecule has 0 bridgehead atoms. The van der Waals surface area contributed by atoms with E-state index >= 15 is 0 Å². The molecule has 3 rings (SSSR count). The molecule has 2 heterocycles. The Balaban J connectivity index is 1.60. The Hall–Kier alpha value is -2.25. The zero-order valence-corrected chi connectivity index (χ0v) is 19.1. The first kappa shape index (κ1) is 22.4. The second-order valence-electron chi connectivity index (χ2n) is 7.67. The summed E-state index contributed by atoms with van der Waals surface area (Å²) in [7, 11) is 0. The Morgan fingerprint density at radius 1 is 1.07 bits per heavy atom. The highest BCUT2D eigenvalue weighted by molar-refractivity contribution is 7.13. The van der Waals surface area contributed by atoms with E-state index in [0.29, 0.717) is 13.1 Å². The maximum Gasteiger partial charge on any atom is 0.265 e. The van der Waals surface area contributed by atoms with Crippen molar-refractivity contribution >= 4 is 23.2 Å². The SMILES string of the molecule is CCN(CC)C(=O)CN1CCCN(C(=O)c2sc(Cc3ccccc3)nc2C)CC1. The maximum absolute atomic E-state index is 13.2. The number of amides is 2. The molecule has 1 aliphatic heterocycles. The average molecular weight is 429 g/mol. The van der Waals surface area contributed by atoms with Crippen molar-refractivity contribution in [3.63, 3.8) is 0 Å². The van der Waals surface area contributed by atoms with Crippen LogP contribution in [0.15, 0.2) is 30.3 Å². The zero-order chi connectivity index (χ0) is 21.5. The first-order chi connectivity index (χ1) is 14.5. The second kappa shape index (κ2) is 10.7. The first-order valence-corrected chi connectivity index (χ1v) is 11.6. The number of benzene rings is 1. The van der Waals surface area contributed by atoms with Crippen molar-refractivity contribution < 1.29 is 9.59 Å². The van der Waals surface area contributed by atoms with Crippen molar-refractivity contribution in [1.82, 2.24) is 19.7 Å². The Kier molecular flexibility index (Phi) is 7.99. The van der Waals surface area contributed by atoms with E-state index in [2.05, 4.69) is 22.0 Å². The van der Waals surface area contributed by atoms with E-state index in [1.165, 1.54) is 16.9 Å². The van der Waals surface area contributed by atoms with Gasteiger partial charge in [-0.15, -0.1) is 11.3 Å².